The summed E-state index contributed by atoms with van der Waals surface area (Å²) in [7, 11) is -0.826. The molecule has 116 valence electrons. The Labute approximate surface area is 127 Å². The van der Waals surface area contributed by atoms with Crippen molar-refractivity contribution in [3.05, 3.63) is 53.8 Å². The summed E-state index contributed by atoms with van der Waals surface area (Å²) in [4.78, 5) is 11.3. The van der Waals surface area contributed by atoms with Crippen LogP contribution in [0.2, 0.25) is 0 Å². The van der Waals surface area contributed by atoms with Crippen LogP contribution < -0.4 is 0 Å². The normalized spacial score (nSPS) is 11.6. The van der Waals surface area contributed by atoms with Crippen LogP contribution in [0.3, 0.4) is 0 Å². The molecule has 2 aromatic rings. The molecule has 0 saturated heterocycles. The molecular weight excluding hydrogens is 309 g/mol. The van der Waals surface area contributed by atoms with Crippen LogP contribution in [0, 0.1) is 5.82 Å². The fourth-order valence-corrected chi connectivity index (χ4v) is 2.93. The van der Waals surface area contributed by atoms with E-state index in [4.69, 9.17) is 0 Å². The standard InChI is InChI=1S/C15H14FNO4S/c1-17(2)22(20,21)12-5-3-4-10(8-12)13-7-6-11(16)9-14(13)15(18)19/h3-9H,1-2H3,(H,18,19). The van der Waals surface area contributed by atoms with E-state index in [1.165, 1.54) is 38.4 Å². The van der Waals surface area contributed by atoms with Crippen LogP contribution in [0.25, 0.3) is 11.1 Å². The maximum absolute atomic E-state index is 13.2. The summed E-state index contributed by atoms with van der Waals surface area (Å²) < 4.78 is 38.6. The van der Waals surface area contributed by atoms with E-state index in [0.717, 1.165) is 16.4 Å². The van der Waals surface area contributed by atoms with Gasteiger partial charge in [0.2, 0.25) is 10.0 Å². The maximum Gasteiger partial charge on any atom is 0.336 e. The molecule has 0 aliphatic heterocycles. The van der Waals surface area contributed by atoms with Gasteiger partial charge in [-0.05, 0) is 35.4 Å². The third-order valence-corrected chi connectivity index (χ3v) is 4.95. The number of carboxylic acids is 1. The second-order valence-corrected chi connectivity index (χ2v) is 6.96. The Balaban J connectivity index is 2.64. The van der Waals surface area contributed by atoms with Crippen LogP contribution >= 0.6 is 0 Å². The fraction of sp³-hybridized carbons (Fsp3) is 0.133. The van der Waals surface area contributed by atoms with Crippen molar-refractivity contribution in [2.45, 2.75) is 4.90 Å². The largest absolute Gasteiger partial charge is 0.478 e. The molecule has 0 aromatic heterocycles. The van der Waals surface area contributed by atoms with Crippen LogP contribution in [-0.4, -0.2) is 37.9 Å². The highest BCUT2D eigenvalue weighted by Crippen LogP contribution is 2.27. The molecule has 0 radical (unpaired) electrons. The molecule has 22 heavy (non-hydrogen) atoms. The van der Waals surface area contributed by atoms with Crippen LogP contribution in [0.1, 0.15) is 10.4 Å². The molecule has 0 saturated carbocycles. The van der Waals surface area contributed by atoms with Gasteiger partial charge in [-0.3, -0.25) is 0 Å². The Morgan fingerprint density at radius 2 is 1.82 bits per heavy atom. The predicted molar refractivity (Wildman–Crippen MR) is 79.7 cm³/mol. The summed E-state index contributed by atoms with van der Waals surface area (Å²) in [6, 6.07) is 9.24. The van der Waals surface area contributed by atoms with Crippen molar-refractivity contribution >= 4 is 16.0 Å². The number of hydrogen-bond donors (Lipinski definition) is 1. The van der Waals surface area contributed by atoms with E-state index >= 15 is 0 Å². The topological polar surface area (TPSA) is 74.7 Å². The zero-order valence-electron chi connectivity index (χ0n) is 11.9. The second-order valence-electron chi connectivity index (χ2n) is 4.81. The lowest BCUT2D eigenvalue weighted by atomic mass is 10.00. The van der Waals surface area contributed by atoms with Gasteiger partial charge in [-0.15, -0.1) is 0 Å². The fourth-order valence-electron chi connectivity index (χ4n) is 1.98. The molecule has 0 atom stereocenters. The summed E-state index contributed by atoms with van der Waals surface area (Å²) in [5.74, 6) is -1.95. The zero-order chi connectivity index (χ0) is 16.5. The lowest BCUT2D eigenvalue weighted by molar-refractivity contribution is 0.0697. The second kappa shape index (κ2) is 5.86. The van der Waals surface area contributed by atoms with Gasteiger partial charge in [0.25, 0.3) is 0 Å². The van der Waals surface area contributed by atoms with Crippen molar-refractivity contribution in [1.82, 2.24) is 4.31 Å². The number of nitrogens with zero attached hydrogens (tertiary/aromatic N) is 1. The maximum atomic E-state index is 13.2. The van der Waals surface area contributed by atoms with Crippen LogP contribution in [-0.2, 0) is 10.0 Å². The number of hydrogen-bond acceptors (Lipinski definition) is 3. The summed E-state index contributed by atoms with van der Waals surface area (Å²) in [6.07, 6.45) is 0. The summed E-state index contributed by atoms with van der Waals surface area (Å²) in [6.45, 7) is 0. The van der Waals surface area contributed by atoms with Crippen LogP contribution in [0.15, 0.2) is 47.4 Å². The van der Waals surface area contributed by atoms with Crippen molar-refractivity contribution in [3.63, 3.8) is 0 Å². The molecular formula is C15H14FNO4S. The molecule has 2 rings (SSSR count). The Morgan fingerprint density at radius 1 is 1.14 bits per heavy atom. The van der Waals surface area contributed by atoms with Gasteiger partial charge in [-0.2, -0.15) is 0 Å². The Hall–Kier alpha value is -2.25. The first-order valence-corrected chi connectivity index (χ1v) is 7.73. The van der Waals surface area contributed by atoms with Gasteiger partial charge in [-0.1, -0.05) is 18.2 Å². The molecule has 0 aliphatic carbocycles. The van der Waals surface area contributed by atoms with Crippen molar-refractivity contribution < 1.29 is 22.7 Å². The van der Waals surface area contributed by atoms with Gasteiger partial charge in [0.05, 0.1) is 10.5 Å². The Bertz CT molecular complexity index is 831. The van der Waals surface area contributed by atoms with E-state index in [1.54, 1.807) is 6.07 Å². The summed E-state index contributed by atoms with van der Waals surface area (Å²) in [5.41, 5.74) is 0.421. The minimum Gasteiger partial charge on any atom is -0.478 e. The van der Waals surface area contributed by atoms with Gasteiger partial charge >= 0.3 is 5.97 Å². The van der Waals surface area contributed by atoms with Gasteiger partial charge in [-0.25, -0.2) is 21.9 Å². The van der Waals surface area contributed by atoms with Crippen molar-refractivity contribution in [3.8, 4) is 11.1 Å². The number of benzene rings is 2. The molecule has 0 unspecified atom stereocenters. The minimum atomic E-state index is -3.64. The average Bonchev–Trinajstić information content (AvgIpc) is 2.47. The first-order valence-electron chi connectivity index (χ1n) is 6.29. The molecule has 0 aliphatic rings. The van der Waals surface area contributed by atoms with E-state index in [-0.39, 0.29) is 16.0 Å². The SMILES string of the molecule is CN(C)S(=O)(=O)c1cccc(-c2ccc(F)cc2C(=O)O)c1. The number of aromatic carboxylic acids is 1. The van der Waals surface area contributed by atoms with Gasteiger partial charge in [0, 0.05) is 14.1 Å². The van der Waals surface area contributed by atoms with E-state index in [0.29, 0.717) is 5.56 Å². The highest BCUT2D eigenvalue weighted by atomic mass is 32.2. The van der Waals surface area contributed by atoms with Crippen molar-refractivity contribution in [2.75, 3.05) is 14.1 Å². The molecule has 1 N–H and O–H groups in total. The first kappa shape index (κ1) is 16.1. The Kier molecular flexibility index (Phi) is 4.30. The lowest BCUT2D eigenvalue weighted by Crippen LogP contribution is -2.22. The third-order valence-electron chi connectivity index (χ3n) is 3.14. The van der Waals surface area contributed by atoms with Crippen molar-refractivity contribution in [1.29, 1.82) is 0 Å². The molecule has 2 aromatic carbocycles. The average molecular weight is 323 g/mol. The summed E-state index contributed by atoms with van der Waals surface area (Å²) >= 11 is 0. The van der Waals surface area contributed by atoms with E-state index in [1.807, 2.05) is 0 Å². The van der Waals surface area contributed by atoms with Crippen LogP contribution in [0.4, 0.5) is 4.39 Å². The number of rotatable bonds is 4. The lowest BCUT2D eigenvalue weighted by Gasteiger charge is -2.13. The predicted octanol–water partition coefficient (Wildman–Crippen LogP) is 2.44. The van der Waals surface area contributed by atoms with Gasteiger partial charge in [0.1, 0.15) is 5.82 Å². The smallest absolute Gasteiger partial charge is 0.336 e. The highest BCUT2D eigenvalue weighted by molar-refractivity contribution is 7.89. The van der Waals surface area contributed by atoms with Crippen LogP contribution in [0.5, 0.6) is 0 Å². The minimum absolute atomic E-state index is 0.0377. The first-order chi connectivity index (χ1) is 10.2. The molecule has 5 nitrogen and oxygen atoms in total. The molecule has 0 spiro atoms. The molecule has 0 amide bonds. The van der Waals surface area contributed by atoms with Gasteiger partial charge in [0.15, 0.2) is 0 Å². The molecule has 0 bridgehead atoms. The highest BCUT2D eigenvalue weighted by Gasteiger charge is 2.19. The van der Waals surface area contributed by atoms with E-state index in [2.05, 4.69) is 0 Å². The molecule has 7 heteroatoms. The van der Waals surface area contributed by atoms with Crippen molar-refractivity contribution in [2.24, 2.45) is 0 Å². The molecule has 0 fully saturated rings. The summed E-state index contributed by atoms with van der Waals surface area (Å²) in [5, 5.41) is 9.18. The quantitative estimate of drug-likeness (QED) is 0.938. The van der Waals surface area contributed by atoms with E-state index < -0.39 is 21.8 Å². The van der Waals surface area contributed by atoms with Gasteiger partial charge < -0.3 is 5.11 Å². The number of carboxylic acid groups (broad SMARTS) is 1. The zero-order valence-corrected chi connectivity index (χ0v) is 12.8. The monoisotopic (exact) mass is 323 g/mol. The number of halogens is 1. The number of carbonyl (C=O) groups is 1. The number of sulfonamides is 1. The molecule has 0 heterocycles. The Morgan fingerprint density at radius 3 is 2.41 bits per heavy atom. The van der Waals surface area contributed by atoms with E-state index in [9.17, 15) is 22.7 Å². The third kappa shape index (κ3) is 3.00.